The zero-order valence-corrected chi connectivity index (χ0v) is 13.4. The van der Waals surface area contributed by atoms with E-state index in [0.29, 0.717) is 21.2 Å². The molecule has 2 aromatic heterocycles. The summed E-state index contributed by atoms with van der Waals surface area (Å²) in [4.78, 5) is 7.95. The molecule has 0 N–H and O–H groups in total. The fourth-order valence-corrected chi connectivity index (χ4v) is 2.94. The molecular weight excluding hydrogens is 320 g/mol. The summed E-state index contributed by atoms with van der Waals surface area (Å²) in [5, 5.41) is 9.72. The summed E-state index contributed by atoms with van der Waals surface area (Å²) in [5.41, 5.74) is 1.16. The van der Waals surface area contributed by atoms with Crippen molar-refractivity contribution in [3.05, 3.63) is 59.3 Å². The van der Waals surface area contributed by atoms with Gasteiger partial charge in [-0.25, -0.2) is 9.97 Å². The minimum atomic E-state index is 0.0870. The fourth-order valence-electron chi connectivity index (χ4n) is 2.10. The minimum Gasteiger partial charge on any atom is -0.415 e. The number of hydrogen-bond acceptors (Lipinski definition) is 6. The van der Waals surface area contributed by atoms with Crippen LogP contribution in [0.4, 0.5) is 0 Å². The van der Waals surface area contributed by atoms with Crippen molar-refractivity contribution >= 4 is 23.4 Å². The van der Waals surface area contributed by atoms with E-state index in [-0.39, 0.29) is 5.92 Å². The predicted octanol–water partition coefficient (Wildman–Crippen LogP) is 4.21. The van der Waals surface area contributed by atoms with Crippen molar-refractivity contribution in [3.63, 3.8) is 0 Å². The minimum absolute atomic E-state index is 0.0870. The van der Waals surface area contributed by atoms with Crippen LogP contribution in [-0.2, 0) is 0 Å². The van der Waals surface area contributed by atoms with Crippen LogP contribution in [-0.4, -0.2) is 20.2 Å². The van der Waals surface area contributed by atoms with Gasteiger partial charge >= 0.3 is 0 Å². The fraction of sp³-hybridized carbons (Fsp3) is 0.200. The number of halogens is 1. The molecule has 2 heterocycles. The third-order valence-electron chi connectivity index (χ3n) is 3.15. The molecule has 0 amide bonds. The molecule has 1 unspecified atom stereocenters. The lowest BCUT2D eigenvalue weighted by Gasteiger charge is -2.10. The van der Waals surface area contributed by atoms with Gasteiger partial charge in [-0.05, 0) is 23.7 Å². The lowest BCUT2D eigenvalue weighted by molar-refractivity contribution is 0.395. The first-order chi connectivity index (χ1) is 10.8. The summed E-state index contributed by atoms with van der Waals surface area (Å²) in [6.45, 7) is 2.09. The van der Waals surface area contributed by atoms with E-state index >= 15 is 0 Å². The number of benzene rings is 1. The maximum absolute atomic E-state index is 6.03. The van der Waals surface area contributed by atoms with Crippen LogP contribution in [0, 0.1) is 0 Å². The summed E-state index contributed by atoms with van der Waals surface area (Å²) in [5.74, 6) is 0.685. The van der Waals surface area contributed by atoms with Crippen LogP contribution in [0.15, 0.2) is 57.5 Å². The van der Waals surface area contributed by atoms with Gasteiger partial charge in [0, 0.05) is 0 Å². The Labute approximate surface area is 137 Å². The van der Waals surface area contributed by atoms with Gasteiger partial charge in [0.15, 0.2) is 0 Å². The molecule has 3 rings (SSSR count). The van der Waals surface area contributed by atoms with Crippen LogP contribution in [0.3, 0.4) is 0 Å². The molecule has 7 heteroatoms. The van der Waals surface area contributed by atoms with Crippen LogP contribution in [0.5, 0.6) is 0 Å². The summed E-state index contributed by atoms with van der Waals surface area (Å²) < 4.78 is 5.77. The van der Waals surface area contributed by atoms with Crippen LogP contribution in [0.2, 0.25) is 5.02 Å². The van der Waals surface area contributed by atoms with Gasteiger partial charge in [0.05, 0.1) is 17.1 Å². The molecule has 22 heavy (non-hydrogen) atoms. The van der Waals surface area contributed by atoms with E-state index in [4.69, 9.17) is 16.0 Å². The molecule has 1 atom stereocenters. The Bertz CT molecular complexity index is 750. The lowest BCUT2D eigenvalue weighted by Crippen LogP contribution is -1.99. The highest BCUT2D eigenvalue weighted by Crippen LogP contribution is 2.33. The molecule has 0 aliphatic heterocycles. The van der Waals surface area contributed by atoms with Gasteiger partial charge in [0.25, 0.3) is 5.22 Å². The van der Waals surface area contributed by atoms with Crippen LogP contribution in [0.25, 0.3) is 0 Å². The monoisotopic (exact) mass is 332 g/mol. The summed E-state index contributed by atoms with van der Waals surface area (Å²) >= 11 is 7.27. The zero-order valence-electron chi connectivity index (χ0n) is 11.8. The van der Waals surface area contributed by atoms with Gasteiger partial charge in [0.1, 0.15) is 11.4 Å². The molecular formula is C15H13ClN4OS. The van der Waals surface area contributed by atoms with Crippen molar-refractivity contribution in [1.82, 2.24) is 20.2 Å². The van der Waals surface area contributed by atoms with Gasteiger partial charge in [-0.15, -0.1) is 10.2 Å². The quantitative estimate of drug-likeness (QED) is 0.652. The van der Waals surface area contributed by atoms with Gasteiger partial charge in [-0.2, -0.15) is 0 Å². The molecule has 0 bridgehead atoms. The zero-order chi connectivity index (χ0) is 15.4. The number of rotatable bonds is 5. The first kappa shape index (κ1) is 15.0. The second-order valence-corrected chi connectivity index (χ2v) is 5.90. The number of nitrogens with zero attached hydrogens (tertiary/aromatic N) is 4. The van der Waals surface area contributed by atoms with E-state index in [1.807, 2.05) is 18.2 Å². The maximum Gasteiger partial charge on any atom is 0.283 e. The molecule has 0 spiro atoms. The molecule has 0 fully saturated rings. The highest BCUT2D eigenvalue weighted by molar-refractivity contribution is 7.99. The Morgan fingerprint density at radius 1 is 1.23 bits per heavy atom. The molecule has 0 aliphatic carbocycles. The molecule has 0 saturated carbocycles. The van der Waals surface area contributed by atoms with E-state index in [0.717, 1.165) is 12.0 Å². The molecule has 0 saturated heterocycles. The van der Waals surface area contributed by atoms with E-state index < -0.39 is 0 Å². The van der Waals surface area contributed by atoms with Crippen LogP contribution < -0.4 is 0 Å². The highest BCUT2D eigenvalue weighted by Gasteiger charge is 2.20. The lowest BCUT2D eigenvalue weighted by atomic mass is 9.97. The van der Waals surface area contributed by atoms with Crippen molar-refractivity contribution in [3.8, 4) is 0 Å². The predicted molar refractivity (Wildman–Crippen MR) is 84.0 cm³/mol. The van der Waals surface area contributed by atoms with E-state index in [1.165, 1.54) is 24.3 Å². The van der Waals surface area contributed by atoms with E-state index in [1.54, 1.807) is 0 Å². The largest absolute Gasteiger partial charge is 0.415 e. The van der Waals surface area contributed by atoms with Crippen molar-refractivity contribution in [2.24, 2.45) is 0 Å². The third kappa shape index (κ3) is 3.28. The molecule has 5 nitrogen and oxygen atoms in total. The van der Waals surface area contributed by atoms with Gasteiger partial charge < -0.3 is 4.42 Å². The second kappa shape index (κ2) is 6.89. The molecule has 3 aromatic rings. The summed E-state index contributed by atoms with van der Waals surface area (Å²) in [7, 11) is 0. The molecule has 112 valence electrons. The van der Waals surface area contributed by atoms with Crippen molar-refractivity contribution in [2.75, 3.05) is 0 Å². The van der Waals surface area contributed by atoms with Crippen molar-refractivity contribution < 1.29 is 4.42 Å². The summed E-state index contributed by atoms with van der Waals surface area (Å²) in [6, 6.07) is 10.1. The van der Waals surface area contributed by atoms with E-state index in [2.05, 4.69) is 39.2 Å². The Balaban J connectivity index is 1.82. The van der Waals surface area contributed by atoms with Gasteiger partial charge in [-0.1, -0.05) is 48.9 Å². The second-order valence-electron chi connectivity index (χ2n) is 4.56. The first-order valence-corrected chi connectivity index (χ1v) is 7.99. The van der Waals surface area contributed by atoms with Crippen molar-refractivity contribution in [1.29, 1.82) is 0 Å². The van der Waals surface area contributed by atoms with Crippen molar-refractivity contribution in [2.45, 2.75) is 29.5 Å². The van der Waals surface area contributed by atoms with Crippen LogP contribution in [0.1, 0.15) is 30.7 Å². The standard InChI is InChI=1S/C15H13ClN4OS/c1-2-11(10-6-4-3-5-7-10)13-19-20-15(21-13)22-14-12(16)8-17-9-18-14/h3-9,11H,2H2,1H3. The number of hydrogen-bond donors (Lipinski definition) is 0. The van der Waals surface area contributed by atoms with Gasteiger partial charge in [-0.3, -0.25) is 0 Å². The Hall–Kier alpha value is -1.92. The smallest absolute Gasteiger partial charge is 0.283 e. The molecule has 1 aromatic carbocycles. The summed E-state index contributed by atoms with van der Waals surface area (Å²) in [6.07, 6.45) is 3.85. The Kier molecular flexibility index (Phi) is 4.70. The van der Waals surface area contributed by atoms with Crippen LogP contribution >= 0.6 is 23.4 Å². The van der Waals surface area contributed by atoms with Gasteiger partial charge in [0.2, 0.25) is 5.89 Å². The third-order valence-corrected chi connectivity index (χ3v) is 4.40. The highest BCUT2D eigenvalue weighted by atomic mass is 35.5. The normalized spacial score (nSPS) is 12.3. The Morgan fingerprint density at radius 3 is 2.77 bits per heavy atom. The van der Waals surface area contributed by atoms with E-state index in [9.17, 15) is 0 Å². The molecule has 0 radical (unpaired) electrons. The average molecular weight is 333 g/mol. The number of aromatic nitrogens is 4. The SMILES string of the molecule is CCC(c1ccccc1)c1nnc(Sc2ncncc2Cl)o1. The first-order valence-electron chi connectivity index (χ1n) is 6.79. The molecule has 0 aliphatic rings. The maximum atomic E-state index is 6.03. The average Bonchev–Trinajstić information content (AvgIpc) is 3.00. The Morgan fingerprint density at radius 2 is 2.05 bits per heavy atom. The topological polar surface area (TPSA) is 64.7 Å².